The SMILES string of the molecule is CCOc1ccc(NC(=O)CSc2cc(C)nc(SCC(=O)c3ccc(C)cc3)n2)cc1. The number of aromatic nitrogens is 2. The summed E-state index contributed by atoms with van der Waals surface area (Å²) in [7, 11) is 0. The van der Waals surface area contributed by atoms with Crippen LogP contribution in [-0.4, -0.2) is 39.8 Å². The molecule has 0 unspecified atom stereocenters. The fraction of sp³-hybridized carbons (Fsp3) is 0.250. The maximum atomic E-state index is 12.4. The molecular formula is C24H25N3O3S2. The number of carbonyl (C=O) groups excluding carboxylic acids is 2. The summed E-state index contributed by atoms with van der Waals surface area (Å²) >= 11 is 2.63. The fourth-order valence-corrected chi connectivity index (χ4v) is 4.35. The minimum Gasteiger partial charge on any atom is -0.494 e. The summed E-state index contributed by atoms with van der Waals surface area (Å²) in [5.74, 6) is 1.15. The maximum Gasteiger partial charge on any atom is 0.234 e. The third-order valence-corrected chi connectivity index (χ3v) is 6.08. The number of aryl methyl sites for hydroxylation is 2. The van der Waals surface area contributed by atoms with Crippen molar-refractivity contribution in [3.05, 3.63) is 71.4 Å². The van der Waals surface area contributed by atoms with Gasteiger partial charge in [0, 0.05) is 16.9 Å². The number of anilines is 1. The second-order valence-electron chi connectivity index (χ2n) is 7.00. The lowest BCUT2D eigenvalue weighted by atomic mass is 10.1. The summed E-state index contributed by atoms with van der Waals surface area (Å²) in [6.07, 6.45) is 0. The van der Waals surface area contributed by atoms with Crippen LogP contribution in [-0.2, 0) is 4.79 Å². The van der Waals surface area contributed by atoms with Crippen LogP contribution in [0.15, 0.2) is 64.8 Å². The Hall–Kier alpha value is -2.84. The van der Waals surface area contributed by atoms with Gasteiger partial charge in [0.15, 0.2) is 10.9 Å². The highest BCUT2D eigenvalue weighted by Gasteiger charge is 2.11. The Morgan fingerprint density at radius 1 is 0.938 bits per heavy atom. The molecule has 3 aromatic rings. The van der Waals surface area contributed by atoms with E-state index in [4.69, 9.17) is 4.74 Å². The van der Waals surface area contributed by atoms with Crippen LogP contribution in [0, 0.1) is 13.8 Å². The Kier molecular flexibility index (Phi) is 8.70. The van der Waals surface area contributed by atoms with E-state index in [1.54, 1.807) is 0 Å². The lowest BCUT2D eigenvalue weighted by Crippen LogP contribution is -2.14. The largest absolute Gasteiger partial charge is 0.494 e. The Morgan fingerprint density at radius 2 is 1.66 bits per heavy atom. The van der Waals surface area contributed by atoms with Crippen LogP contribution in [0.3, 0.4) is 0 Å². The van der Waals surface area contributed by atoms with Gasteiger partial charge in [0.2, 0.25) is 5.91 Å². The monoisotopic (exact) mass is 467 g/mol. The van der Waals surface area contributed by atoms with Crippen LogP contribution < -0.4 is 10.1 Å². The summed E-state index contributed by atoms with van der Waals surface area (Å²) in [5.41, 5.74) is 3.30. The molecule has 0 aliphatic rings. The van der Waals surface area contributed by atoms with Crippen molar-refractivity contribution >= 4 is 40.9 Å². The smallest absolute Gasteiger partial charge is 0.234 e. The molecule has 1 aromatic heterocycles. The van der Waals surface area contributed by atoms with Gasteiger partial charge in [-0.2, -0.15) is 0 Å². The lowest BCUT2D eigenvalue weighted by molar-refractivity contribution is -0.113. The van der Waals surface area contributed by atoms with E-state index in [0.29, 0.717) is 28.0 Å². The number of hydrogen-bond donors (Lipinski definition) is 1. The van der Waals surface area contributed by atoms with Crippen molar-refractivity contribution in [1.82, 2.24) is 9.97 Å². The number of ether oxygens (including phenoxy) is 1. The number of benzene rings is 2. The van der Waals surface area contributed by atoms with Crippen molar-refractivity contribution in [2.45, 2.75) is 31.0 Å². The van der Waals surface area contributed by atoms with Gasteiger partial charge in [-0.15, -0.1) is 0 Å². The number of carbonyl (C=O) groups is 2. The van der Waals surface area contributed by atoms with E-state index in [1.165, 1.54) is 23.5 Å². The number of thioether (sulfide) groups is 2. The van der Waals surface area contributed by atoms with E-state index in [0.717, 1.165) is 17.0 Å². The molecule has 1 amide bonds. The van der Waals surface area contributed by atoms with Crippen LogP contribution in [0.1, 0.15) is 28.5 Å². The van der Waals surface area contributed by atoms with Crippen molar-refractivity contribution in [3.63, 3.8) is 0 Å². The maximum absolute atomic E-state index is 12.4. The Bertz CT molecular complexity index is 1070. The Morgan fingerprint density at radius 3 is 2.34 bits per heavy atom. The van der Waals surface area contributed by atoms with Crippen molar-refractivity contribution in [1.29, 1.82) is 0 Å². The van der Waals surface area contributed by atoms with Gasteiger partial charge >= 0.3 is 0 Å². The summed E-state index contributed by atoms with van der Waals surface area (Å²) in [4.78, 5) is 33.6. The molecule has 3 rings (SSSR count). The van der Waals surface area contributed by atoms with Crippen molar-refractivity contribution in [3.8, 4) is 5.75 Å². The van der Waals surface area contributed by atoms with Gasteiger partial charge in [0.1, 0.15) is 10.8 Å². The number of nitrogens with zero attached hydrogens (tertiary/aromatic N) is 2. The molecule has 0 atom stereocenters. The molecule has 0 saturated carbocycles. The molecule has 0 aliphatic heterocycles. The molecule has 1 N–H and O–H groups in total. The average molecular weight is 468 g/mol. The predicted octanol–water partition coefficient (Wildman–Crippen LogP) is 5.20. The summed E-state index contributed by atoms with van der Waals surface area (Å²) in [5, 5.41) is 4.09. The van der Waals surface area contributed by atoms with Gasteiger partial charge < -0.3 is 10.1 Å². The molecule has 0 bridgehead atoms. The zero-order valence-electron chi connectivity index (χ0n) is 18.3. The summed E-state index contributed by atoms with van der Waals surface area (Å²) < 4.78 is 5.40. The minimum atomic E-state index is -0.126. The van der Waals surface area contributed by atoms with E-state index in [-0.39, 0.29) is 23.2 Å². The first kappa shape index (κ1) is 23.8. The molecule has 0 radical (unpaired) electrons. The van der Waals surface area contributed by atoms with Crippen LogP contribution in [0.25, 0.3) is 0 Å². The molecular weight excluding hydrogens is 442 g/mol. The second-order valence-corrected chi connectivity index (χ2v) is 8.94. The van der Waals surface area contributed by atoms with Gasteiger partial charge in [-0.05, 0) is 51.1 Å². The molecule has 0 saturated heterocycles. The second kappa shape index (κ2) is 11.7. The molecule has 0 spiro atoms. The van der Waals surface area contributed by atoms with Gasteiger partial charge in [-0.3, -0.25) is 9.59 Å². The fourth-order valence-electron chi connectivity index (χ4n) is 2.74. The molecule has 166 valence electrons. The van der Waals surface area contributed by atoms with Gasteiger partial charge in [0.25, 0.3) is 0 Å². The highest BCUT2D eigenvalue weighted by molar-refractivity contribution is 8.00. The zero-order valence-corrected chi connectivity index (χ0v) is 19.9. The molecule has 0 fully saturated rings. The van der Waals surface area contributed by atoms with Crippen LogP contribution in [0.4, 0.5) is 5.69 Å². The first-order valence-corrected chi connectivity index (χ1v) is 12.1. The third-order valence-electron chi connectivity index (χ3n) is 4.32. The van der Waals surface area contributed by atoms with Crippen LogP contribution >= 0.6 is 23.5 Å². The first-order valence-electron chi connectivity index (χ1n) is 10.2. The first-order chi connectivity index (χ1) is 15.4. The predicted molar refractivity (Wildman–Crippen MR) is 130 cm³/mol. The van der Waals surface area contributed by atoms with E-state index >= 15 is 0 Å². The van der Waals surface area contributed by atoms with Crippen LogP contribution in [0.2, 0.25) is 0 Å². The third kappa shape index (κ3) is 7.39. The number of amides is 1. The van der Waals surface area contributed by atoms with Gasteiger partial charge in [-0.25, -0.2) is 9.97 Å². The number of nitrogens with one attached hydrogen (secondary N) is 1. The topological polar surface area (TPSA) is 81.2 Å². The summed E-state index contributed by atoms with van der Waals surface area (Å²) in [6.45, 7) is 6.38. The summed E-state index contributed by atoms with van der Waals surface area (Å²) in [6, 6.07) is 16.6. The molecule has 0 aliphatic carbocycles. The molecule has 32 heavy (non-hydrogen) atoms. The number of hydrogen-bond acceptors (Lipinski definition) is 7. The van der Waals surface area contributed by atoms with Gasteiger partial charge in [0.05, 0.1) is 18.1 Å². The molecule has 6 nitrogen and oxygen atoms in total. The normalized spacial score (nSPS) is 10.6. The van der Waals surface area contributed by atoms with Crippen molar-refractivity contribution < 1.29 is 14.3 Å². The standard InChI is InChI=1S/C24H25N3O3S2/c1-4-30-20-11-9-19(10-12-20)26-22(29)15-31-23-13-17(3)25-24(27-23)32-14-21(28)18-7-5-16(2)6-8-18/h5-13H,4,14-15H2,1-3H3,(H,26,29). The number of ketones is 1. The number of rotatable bonds is 10. The van der Waals surface area contributed by atoms with E-state index < -0.39 is 0 Å². The number of Topliss-reactive ketones (excluding diaryl/α,β-unsaturated/α-hetero) is 1. The quantitative estimate of drug-likeness (QED) is 0.190. The highest BCUT2D eigenvalue weighted by Crippen LogP contribution is 2.22. The zero-order chi connectivity index (χ0) is 22.9. The Balaban J connectivity index is 1.52. The van der Waals surface area contributed by atoms with Crippen molar-refractivity contribution in [2.24, 2.45) is 0 Å². The average Bonchev–Trinajstić information content (AvgIpc) is 2.78. The van der Waals surface area contributed by atoms with E-state index in [1.807, 2.05) is 75.4 Å². The lowest BCUT2D eigenvalue weighted by Gasteiger charge is -2.08. The molecule has 2 aromatic carbocycles. The molecule has 1 heterocycles. The van der Waals surface area contributed by atoms with E-state index in [9.17, 15) is 9.59 Å². The minimum absolute atomic E-state index is 0.0315. The van der Waals surface area contributed by atoms with E-state index in [2.05, 4.69) is 15.3 Å². The highest BCUT2D eigenvalue weighted by atomic mass is 32.2. The Labute approximate surface area is 196 Å². The van der Waals surface area contributed by atoms with Crippen LogP contribution in [0.5, 0.6) is 5.75 Å². The van der Waals surface area contributed by atoms with Gasteiger partial charge in [-0.1, -0.05) is 53.4 Å². The van der Waals surface area contributed by atoms with Crippen molar-refractivity contribution in [2.75, 3.05) is 23.4 Å². The molecule has 8 heteroatoms.